The number of carbonyl (C=O) groups excluding carboxylic acids is 1. The molecule has 29 heavy (non-hydrogen) atoms. The normalized spacial score (nSPS) is 10.6. The predicted octanol–water partition coefficient (Wildman–Crippen LogP) is 3.58. The summed E-state index contributed by atoms with van der Waals surface area (Å²) in [6.45, 7) is 4.71. The van der Waals surface area contributed by atoms with Gasteiger partial charge in [0.2, 0.25) is 0 Å². The van der Waals surface area contributed by atoms with Crippen LogP contribution in [-0.2, 0) is 6.54 Å². The van der Waals surface area contributed by atoms with Crippen LogP contribution in [0.5, 0.6) is 5.75 Å². The molecule has 158 valence electrons. The zero-order chi connectivity index (χ0) is 20.0. The van der Waals surface area contributed by atoms with Crippen molar-refractivity contribution in [1.82, 2.24) is 16.0 Å². The second-order valence-electron chi connectivity index (χ2n) is 6.32. The van der Waals surface area contributed by atoms with E-state index >= 15 is 0 Å². The average Bonchev–Trinajstić information content (AvgIpc) is 2.74. The van der Waals surface area contributed by atoms with E-state index < -0.39 is 0 Å². The number of nitrogens with zero attached hydrogens (tertiary/aromatic N) is 1. The highest BCUT2D eigenvalue weighted by molar-refractivity contribution is 14.0. The van der Waals surface area contributed by atoms with Gasteiger partial charge in [-0.1, -0.05) is 37.3 Å². The van der Waals surface area contributed by atoms with E-state index in [2.05, 4.69) is 20.9 Å². The van der Waals surface area contributed by atoms with Crippen LogP contribution < -0.4 is 20.7 Å². The molecule has 2 aromatic rings. The Hall–Kier alpha value is -2.29. The first kappa shape index (κ1) is 24.7. The maximum absolute atomic E-state index is 12.1. The first-order valence-electron chi connectivity index (χ1n) is 9.72. The number of nitrogens with one attached hydrogen (secondary N) is 3. The Labute approximate surface area is 190 Å². The van der Waals surface area contributed by atoms with Crippen LogP contribution in [0.15, 0.2) is 59.6 Å². The zero-order valence-corrected chi connectivity index (χ0v) is 19.4. The van der Waals surface area contributed by atoms with Crippen LogP contribution in [0.3, 0.4) is 0 Å². The third kappa shape index (κ3) is 9.65. The van der Waals surface area contributed by atoms with Gasteiger partial charge in [0.05, 0.1) is 6.61 Å². The van der Waals surface area contributed by atoms with Crippen molar-refractivity contribution in [3.8, 4) is 5.75 Å². The molecule has 6 nitrogen and oxygen atoms in total. The van der Waals surface area contributed by atoms with E-state index in [9.17, 15) is 4.79 Å². The summed E-state index contributed by atoms with van der Waals surface area (Å²) in [5, 5.41) is 9.44. The van der Waals surface area contributed by atoms with E-state index in [1.165, 1.54) is 0 Å². The summed E-state index contributed by atoms with van der Waals surface area (Å²) in [5.74, 6) is 1.57. The first-order valence-corrected chi connectivity index (χ1v) is 9.72. The fraction of sp³-hybridized carbons (Fsp3) is 0.364. The van der Waals surface area contributed by atoms with Crippen molar-refractivity contribution in [3.05, 3.63) is 65.7 Å². The van der Waals surface area contributed by atoms with Crippen LogP contribution >= 0.6 is 24.0 Å². The first-order chi connectivity index (χ1) is 13.7. The average molecular weight is 510 g/mol. The minimum Gasteiger partial charge on any atom is -0.494 e. The summed E-state index contributed by atoms with van der Waals surface area (Å²) in [4.78, 5) is 16.3. The lowest BCUT2D eigenvalue weighted by Crippen LogP contribution is -2.37. The molecule has 0 aliphatic heterocycles. The van der Waals surface area contributed by atoms with Gasteiger partial charge in [-0.3, -0.25) is 9.79 Å². The number of aliphatic imine (C=N–C) groups is 1. The SMILES string of the molecule is CCCNC(=O)c1cccc(CNC(=NC)NCCCOc2ccccc2)c1.I. The summed E-state index contributed by atoms with van der Waals surface area (Å²) in [6, 6.07) is 17.4. The molecule has 2 aromatic carbocycles. The molecule has 0 saturated carbocycles. The minimum atomic E-state index is -0.0374. The molecule has 0 saturated heterocycles. The largest absolute Gasteiger partial charge is 0.494 e. The van der Waals surface area contributed by atoms with Crippen molar-refractivity contribution in [2.45, 2.75) is 26.3 Å². The fourth-order valence-electron chi connectivity index (χ4n) is 2.56. The second-order valence-corrected chi connectivity index (χ2v) is 6.32. The van der Waals surface area contributed by atoms with Gasteiger partial charge in [-0.15, -0.1) is 24.0 Å². The quantitative estimate of drug-likeness (QED) is 0.198. The fourth-order valence-corrected chi connectivity index (χ4v) is 2.56. The van der Waals surface area contributed by atoms with Crippen LogP contribution in [-0.4, -0.2) is 38.6 Å². The number of hydrogen-bond donors (Lipinski definition) is 3. The van der Waals surface area contributed by atoms with Crippen molar-refractivity contribution in [1.29, 1.82) is 0 Å². The Morgan fingerprint density at radius 3 is 2.52 bits per heavy atom. The number of rotatable bonds is 10. The molecule has 0 heterocycles. The van der Waals surface area contributed by atoms with Gasteiger partial charge >= 0.3 is 0 Å². The number of carbonyl (C=O) groups is 1. The van der Waals surface area contributed by atoms with E-state index in [1.807, 2.05) is 61.5 Å². The van der Waals surface area contributed by atoms with E-state index in [1.54, 1.807) is 7.05 Å². The van der Waals surface area contributed by atoms with Crippen LogP contribution in [0.1, 0.15) is 35.7 Å². The molecule has 0 aliphatic carbocycles. The molecule has 3 N–H and O–H groups in total. The van der Waals surface area contributed by atoms with Crippen LogP contribution in [0.4, 0.5) is 0 Å². The number of hydrogen-bond acceptors (Lipinski definition) is 3. The Morgan fingerprint density at radius 2 is 1.79 bits per heavy atom. The van der Waals surface area contributed by atoms with Gasteiger partial charge in [-0.2, -0.15) is 0 Å². The maximum Gasteiger partial charge on any atom is 0.251 e. The molecule has 2 rings (SSSR count). The molecule has 0 aromatic heterocycles. The van der Waals surface area contributed by atoms with E-state index in [0.717, 1.165) is 36.7 Å². The Bertz CT molecular complexity index is 753. The standard InChI is InChI=1S/C22H30N4O2.HI/c1-3-13-24-21(27)19-10-7-9-18(16-19)17-26-22(23-2)25-14-8-15-28-20-11-5-4-6-12-20;/h4-7,9-12,16H,3,8,13-15,17H2,1-2H3,(H,24,27)(H2,23,25,26);1H. The molecule has 0 fully saturated rings. The lowest BCUT2D eigenvalue weighted by Gasteiger charge is -2.13. The molecular formula is C22H31IN4O2. The van der Waals surface area contributed by atoms with Crippen LogP contribution in [0.2, 0.25) is 0 Å². The van der Waals surface area contributed by atoms with Gasteiger partial charge < -0.3 is 20.7 Å². The number of guanidine groups is 1. The van der Waals surface area contributed by atoms with Gasteiger partial charge in [-0.25, -0.2) is 0 Å². The predicted molar refractivity (Wildman–Crippen MR) is 129 cm³/mol. The Balaban J connectivity index is 0.00000420. The van der Waals surface area contributed by atoms with Crippen molar-refractivity contribution in [2.75, 3.05) is 26.7 Å². The number of halogens is 1. The highest BCUT2D eigenvalue weighted by atomic mass is 127. The molecule has 1 amide bonds. The highest BCUT2D eigenvalue weighted by Gasteiger charge is 2.05. The summed E-state index contributed by atoms with van der Waals surface area (Å²) in [7, 11) is 1.74. The van der Waals surface area contributed by atoms with Gasteiger partial charge in [-0.05, 0) is 42.7 Å². The Kier molecular flexibility index (Phi) is 12.5. The second kappa shape index (κ2) is 14.7. The van der Waals surface area contributed by atoms with Crippen LogP contribution in [0, 0.1) is 0 Å². The number of benzene rings is 2. The number of ether oxygens (including phenoxy) is 1. The van der Waals surface area contributed by atoms with Gasteiger partial charge in [0.15, 0.2) is 5.96 Å². The summed E-state index contributed by atoms with van der Waals surface area (Å²) in [6.07, 6.45) is 1.79. The van der Waals surface area contributed by atoms with Gasteiger partial charge in [0.25, 0.3) is 5.91 Å². The molecule has 0 radical (unpaired) electrons. The summed E-state index contributed by atoms with van der Waals surface area (Å²) in [5.41, 5.74) is 1.70. The topological polar surface area (TPSA) is 74.8 Å². The molecule has 0 bridgehead atoms. The third-order valence-electron chi connectivity index (χ3n) is 4.03. The van der Waals surface area contributed by atoms with E-state index in [4.69, 9.17) is 4.74 Å². The van der Waals surface area contributed by atoms with Crippen molar-refractivity contribution < 1.29 is 9.53 Å². The van der Waals surface area contributed by atoms with Crippen LogP contribution in [0.25, 0.3) is 0 Å². The van der Waals surface area contributed by atoms with E-state index in [0.29, 0.717) is 25.3 Å². The lowest BCUT2D eigenvalue weighted by molar-refractivity contribution is 0.0953. The molecule has 0 spiro atoms. The minimum absolute atomic E-state index is 0. The molecule has 0 aliphatic rings. The lowest BCUT2D eigenvalue weighted by atomic mass is 10.1. The highest BCUT2D eigenvalue weighted by Crippen LogP contribution is 2.08. The zero-order valence-electron chi connectivity index (χ0n) is 17.1. The van der Waals surface area contributed by atoms with E-state index in [-0.39, 0.29) is 29.9 Å². The van der Waals surface area contributed by atoms with Gasteiger partial charge in [0, 0.05) is 32.2 Å². The monoisotopic (exact) mass is 510 g/mol. The number of amides is 1. The van der Waals surface area contributed by atoms with Crippen molar-refractivity contribution >= 4 is 35.8 Å². The number of para-hydroxylation sites is 1. The summed E-state index contributed by atoms with van der Waals surface area (Å²) < 4.78 is 5.68. The third-order valence-corrected chi connectivity index (χ3v) is 4.03. The Morgan fingerprint density at radius 1 is 1.00 bits per heavy atom. The summed E-state index contributed by atoms with van der Waals surface area (Å²) >= 11 is 0. The maximum atomic E-state index is 12.1. The van der Waals surface area contributed by atoms with Crippen molar-refractivity contribution in [3.63, 3.8) is 0 Å². The van der Waals surface area contributed by atoms with Gasteiger partial charge in [0.1, 0.15) is 5.75 Å². The van der Waals surface area contributed by atoms with Crippen molar-refractivity contribution in [2.24, 2.45) is 4.99 Å². The molecular weight excluding hydrogens is 479 g/mol. The molecule has 0 atom stereocenters. The molecule has 7 heteroatoms. The molecule has 0 unspecified atom stereocenters. The smallest absolute Gasteiger partial charge is 0.251 e.